The molecule has 0 unspecified atom stereocenters. The van der Waals surface area contributed by atoms with Gasteiger partial charge in [-0.05, 0) is 19.8 Å². The molecule has 0 atom stereocenters. The highest BCUT2D eigenvalue weighted by molar-refractivity contribution is 5.82. The van der Waals surface area contributed by atoms with E-state index in [4.69, 9.17) is 0 Å². The van der Waals surface area contributed by atoms with Crippen LogP contribution in [-0.4, -0.2) is 74.5 Å². The Labute approximate surface area is 159 Å². The van der Waals surface area contributed by atoms with Gasteiger partial charge in [0, 0.05) is 38.8 Å². The van der Waals surface area contributed by atoms with Crippen molar-refractivity contribution >= 4 is 22.9 Å². The molecule has 2 aromatic heterocycles. The number of hydrogen-bond acceptors (Lipinski definition) is 7. The van der Waals surface area contributed by atoms with E-state index in [1.165, 1.54) is 19.3 Å². The van der Waals surface area contributed by atoms with Crippen LogP contribution in [0, 0.1) is 0 Å². The van der Waals surface area contributed by atoms with E-state index in [1.54, 1.807) is 11.0 Å². The summed E-state index contributed by atoms with van der Waals surface area (Å²) in [4.78, 5) is 25.5. The van der Waals surface area contributed by atoms with Crippen LogP contribution >= 0.6 is 0 Å². The number of aryl methyl sites for hydroxylation is 1. The van der Waals surface area contributed by atoms with Gasteiger partial charge in [0.05, 0.1) is 6.54 Å². The van der Waals surface area contributed by atoms with Gasteiger partial charge in [-0.3, -0.25) is 9.69 Å². The molecule has 146 valence electrons. The predicted octanol–water partition coefficient (Wildman–Crippen LogP) is 0.812. The van der Waals surface area contributed by atoms with Crippen molar-refractivity contribution in [2.45, 2.75) is 51.6 Å². The fourth-order valence-electron chi connectivity index (χ4n) is 4.07. The maximum atomic E-state index is 12.3. The molecule has 27 heavy (non-hydrogen) atoms. The normalized spacial score (nSPS) is 19.5. The van der Waals surface area contributed by atoms with Gasteiger partial charge in [0.2, 0.25) is 5.91 Å². The summed E-state index contributed by atoms with van der Waals surface area (Å²) in [5.74, 6) is 0.997. The first kappa shape index (κ1) is 18.1. The smallest absolute Gasteiger partial charge is 0.234 e. The summed E-state index contributed by atoms with van der Waals surface area (Å²) in [6, 6.07) is 0.378. The van der Waals surface area contributed by atoms with Crippen molar-refractivity contribution in [3.8, 4) is 0 Å². The molecule has 0 radical (unpaired) electrons. The third kappa shape index (κ3) is 4.02. The lowest BCUT2D eigenvalue weighted by Crippen LogP contribution is -2.51. The lowest BCUT2D eigenvalue weighted by molar-refractivity contribution is -0.123. The number of carbonyl (C=O) groups excluding carboxylic acids is 1. The maximum absolute atomic E-state index is 12.3. The zero-order valence-electron chi connectivity index (χ0n) is 16.0. The van der Waals surface area contributed by atoms with Gasteiger partial charge in [-0.25, -0.2) is 14.6 Å². The molecule has 1 aliphatic carbocycles. The number of amides is 1. The molecular weight excluding hydrogens is 344 g/mol. The van der Waals surface area contributed by atoms with E-state index in [-0.39, 0.29) is 5.91 Å². The van der Waals surface area contributed by atoms with Crippen molar-refractivity contribution in [3.05, 3.63) is 6.33 Å². The summed E-state index contributed by atoms with van der Waals surface area (Å²) in [6.45, 7) is 6.56. The predicted molar refractivity (Wildman–Crippen MR) is 102 cm³/mol. The number of piperazine rings is 1. The van der Waals surface area contributed by atoms with Gasteiger partial charge >= 0.3 is 0 Å². The van der Waals surface area contributed by atoms with Crippen molar-refractivity contribution in [1.82, 2.24) is 35.2 Å². The first-order chi connectivity index (χ1) is 13.2. The molecule has 9 heteroatoms. The quantitative estimate of drug-likeness (QED) is 0.830. The van der Waals surface area contributed by atoms with E-state index in [0.717, 1.165) is 62.5 Å². The number of nitrogens with one attached hydrogen (secondary N) is 1. The third-order valence-corrected chi connectivity index (χ3v) is 5.59. The molecule has 2 fully saturated rings. The lowest BCUT2D eigenvalue weighted by Gasteiger charge is -2.35. The molecule has 3 heterocycles. The van der Waals surface area contributed by atoms with Crippen LogP contribution in [0.5, 0.6) is 0 Å². The van der Waals surface area contributed by atoms with Gasteiger partial charge in [-0.1, -0.05) is 24.5 Å². The van der Waals surface area contributed by atoms with Crippen LogP contribution in [0.4, 0.5) is 5.82 Å². The van der Waals surface area contributed by atoms with Crippen LogP contribution in [-0.2, 0) is 11.3 Å². The second-order valence-electron chi connectivity index (χ2n) is 7.44. The van der Waals surface area contributed by atoms with Crippen LogP contribution in [0.25, 0.3) is 11.2 Å². The van der Waals surface area contributed by atoms with Gasteiger partial charge in [-0.15, -0.1) is 5.10 Å². The topological polar surface area (TPSA) is 92.1 Å². The summed E-state index contributed by atoms with van der Waals surface area (Å²) in [7, 11) is 0. The largest absolute Gasteiger partial charge is 0.352 e. The Morgan fingerprint density at radius 3 is 2.67 bits per heavy atom. The molecule has 1 N–H and O–H groups in total. The monoisotopic (exact) mass is 372 g/mol. The number of fused-ring (bicyclic) bond motifs is 1. The molecule has 0 bridgehead atoms. The van der Waals surface area contributed by atoms with Crippen LogP contribution < -0.4 is 10.2 Å². The third-order valence-electron chi connectivity index (χ3n) is 5.59. The summed E-state index contributed by atoms with van der Waals surface area (Å²) < 4.78 is 1.78. The molecule has 1 aliphatic heterocycles. The Morgan fingerprint density at radius 2 is 1.93 bits per heavy atom. The molecule has 1 saturated heterocycles. The van der Waals surface area contributed by atoms with Crippen molar-refractivity contribution in [2.24, 2.45) is 0 Å². The summed E-state index contributed by atoms with van der Waals surface area (Å²) >= 11 is 0. The standard InChI is InChI=1S/C18H28N8O/c1-2-26-18-16(22-23-26)17(19-13-20-18)25-10-8-24(9-11-25)12-15(27)21-14-6-4-3-5-7-14/h13-14H,2-12H2,1H3,(H,21,27). The van der Waals surface area contributed by atoms with Crippen molar-refractivity contribution < 1.29 is 4.79 Å². The van der Waals surface area contributed by atoms with Crippen molar-refractivity contribution in [1.29, 1.82) is 0 Å². The lowest BCUT2D eigenvalue weighted by atomic mass is 9.95. The number of anilines is 1. The Morgan fingerprint density at radius 1 is 1.15 bits per heavy atom. The number of hydrogen-bond donors (Lipinski definition) is 1. The SMILES string of the molecule is CCn1nnc2c(N3CCN(CC(=O)NC4CCCCC4)CC3)ncnc21. The Hall–Kier alpha value is -2.29. The van der Waals surface area contributed by atoms with Gasteiger partial charge in [0.25, 0.3) is 0 Å². The molecule has 0 spiro atoms. The number of rotatable bonds is 5. The second-order valence-corrected chi connectivity index (χ2v) is 7.44. The van der Waals surface area contributed by atoms with Crippen molar-refractivity contribution in [3.63, 3.8) is 0 Å². The molecule has 4 rings (SSSR count). The van der Waals surface area contributed by atoms with E-state index < -0.39 is 0 Å². The van der Waals surface area contributed by atoms with Crippen LogP contribution in [0.1, 0.15) is 39.0 Å². The zero-order valence-corrected chi connectivity index (χ0v) is 16.0. The van der Waals surface area contributed by atoms with Gasteiger partial charge in [0.15, 0.2) is 17.0 Å². The molecule has 1 saturated carbocycles. The summed E-state index contributed by atoms with van der Waals surface area (Å²) in [6.07, 6.45) is 7.61. The first-order valence-corrected chi connectivity index (χ1v) is 10.1. The van der Waals surface area contributed by atoms with E-state index in [9.17, 15) is 4.79 Å². The highest BCUT2D eigenvalue weighted by Gasteiger charge is 2.24. The summed E-state index contributed by atoms with van der Waals surface area (Å²) in [5.41, 5.74) is 1.53. The van der Waals surface area contributed by atoms with E-state index in [1.807, 2.05) is 6.92 Å². The van der Waals surface area contributed by atoms with E-state index in [2.05, 4.69) is 35.4 Å². The minimum Gasteiger partial charge on any atom is -0.352 e. The molecule has 1 amide bonds. The molecule has 0 aromatic carbocycles. The number of nitrogens with zero attached hydrogens (tertiary/aromatic N) is 7. The summed E-state index contributed by atoms with van der Waals surface area (Å²) in [5, 5.41) is 11.6. The van der Waals surface area contributed by atoms with E-state index >= 15 is 0 Å². The Kier molecular flexibility index (Phi) is 5.47. The van der Waals surface area contributed by atoms with Crippen LogP contribution in [0.3, 0.4) is 0 Å². The van der Waals surface area contributed by atoms with Crippen LogP contribution in [0.15, 0.2) is 6.33 Å². The molecule has 2 aliphatic rings. The van der Waals surface area contributed by atoms with Gasteiger partial charge in [0.1, 0.15) is 6.33 Å². The number of carbonyl (C=O) groups is 1. The number of aromatic nitrogens is 5. The first-order valence-electron chi connectivity index (χ1n) is 10.1. The average molecular weight is 372 g/mol. The minimum atomic E-state index is 0.158. The van der Waals surface area contributed by atoms with Gasteiger partial charge in [-0.2, -0.15) is 0 Å². The fraction of sp³-hybridized carbons (Fsp3) is 0.722. The molecule has 2 aromatic rings. The second kappa shape index (κ2) is 8.16. The zero-order chi connectivity index (χ0) is 18.6. The maximum Gasteiger partial charge on any atom is 0.234 e. The Balaban J connectivity index is 1.32. The van der Waals surface area contributed by atoms with Crippen molar-refractivity contribution in [2.75, 3.05) is 37.6 Å². The fourth-order valence-corrected chi connectivity index (χ4v) is 4.07. The van der Waals surface area contributed by atoms with E-state index in [0.29, 0.717) is 12.6 Å². The average Bonchev–Trinajstić information content (AvgIpc) is 3.12. The van der Waals surface area contributed by atoms with Crippen LogP contribution in [0.2, 0.25) is 0 Å². The highest BCUT2D eigenvalue weighted by Crippen LogP contribution is 2.22. The molecule has 9 nitrogen and oxygen atoms in total. The minimum absolute atomic E-state index is 0.158. The Bertz CT molecular complexity index is 777. The highest BCUT2D eigenvalue weighted by atomic mass is 16.2. The van der Waals surface area contributed by atoms with Gasteiger partial charge < -0.3 is 10.2 Å². The molecular formula is C18H28N8O.